The van der Waals surface area contributed by atoms with Crippen molar-refractivity contribution in [3.63, 3.8) is 0 Å². The number of thiophene rings is 1. The molecule has 0 bridgehead atoms. The van der Waals surface area contributed by atoms with Crippen molar-refractivity contribution in [2.24, 2.45) is 0 Å². The lowest BCUT2D eigenvalue weighted by molar-refractivity contribution is 0.263. The molecule has 1 N–H and O–H groups in total. The molecular weight excluding hydrogens is 325 g/mol. The first-order valence-corrected chi connectivity index (χ1v) is 8.60. The van der Waals surface area contributed by atoms with Crippen molar-refractivity contribution in [2.75, 3.05) is 13.2 Å². The van der Waals surface area contributed by atoms with Gasteiger partial charge in [0.2, 0.25) is 0 Å². The maximum atomic E-state index is 5.99. The highest BCUT2D eigenvalue weighted by atomic mass is 35.5. The van der Waals surface area contributed by atoms with Crippen molar-refractivity contribution in [3.8, 4) is 5.75 Å². The van der Waals surface area contributed by atoms with Gasteiger partial charge in [-0.1, -0.05) is 30.1 Å². The van der Waals surface area contributed by atoms with Crippen LogP contribution in [0.3, 0.4) is 0 Å². The predicted molar refractivity (Wildman–Crippen MR) is 92.1 cm³/mol. The lowest BCUT2D eigenvalue weighted by atomic mass is 10.2. The van der Waals surface area contributed by atoms with E-state index in [1.165, 1.54) is 4.88 Å². The van der Waals surface area contributed by atoms with Crippen LogP contribution >= 0.6 is 34.5 Å². The van der Waals surface area contributed by atoms with E-state index in [1.54, 1.807) is 11.3 Å². The summed E-state index contributed by atoms with van der Waals surface area (Å²) in [6.45, 7) is 3.76. The topological polar surface area (TPSA) is 21.3 Å². The smallest absolute Gasteiger partial charge is 0.119 e. The van der Waals surface area contributed by atoms with Gasteiger partial charge in [-0.3, -0.25) is 0 Å². The Morgan fingerprint density at radius 1 is 1.14 bits per heavy atom. The molecule has 0 spiro atoms. The van der Waals surface area contributed by atoms with E-state index >= 15 is 0 Å². The molecule has 1 unspecified atom stereocenters. The number of hydrogen-bond donors (Lipinski definition) is 1. The number of halogens is 2. The minimum absolute atomic E-state index is 0.273. The second-order valence-corrected chi connectivity index (χ2v) is 7.06. The Morgan fingerprint density at radius 3 is 2.52 bits per heavy atom. The number of nitrogens with one attached hydrogen (secondary N) is 1. The molecule has 2 nitrogen and oxygen atoms in total. The molecule has 1 atom stereocenters. The number of hydrogen-bond acceptors (Lipinski definition) is 3. The molecule has 0 amide bonds. The molecule has 1 aromatic heterocycles. The van der Waals surface area contributed by atoms with Gasteiger partial charge in [0.25, 0.3) is 0 Å². The molecule has 0 fully saturated rings. The molecule has 0 saturated heterocycles. The molecule has 21 heavy (non-hydrogen) atoms. The van der Waals surface area contributed by atoms with E-state index in [4.69, 9.17) is 27.9 Å². The maximum absolute atomic E-state index is 5.99. The number of ether oxygens (including phenoxy) is 1. The van der Waals surface area contributed by atoms with Gasteiger partial charge in [-0.15, -0.1) is 11.3 Å². The van der Waals surface area contributed by atoms with E-state index in [9.17, 15) is 0 Å². The Labute approximate surface area is 140 Å². The van der Waals surface area contributed by atoms with Crippen molar-refractivity contribution in [3.05, 3.63) is 50.6 Å². The molecule has 0 saturated carbocycles. The van der Waals surface area contributed by atoms with E-state index in [0.717, 1.165) is 34.5 Å². The average Bonchev–Trinajstić information content (AvgIpc) is 2.89. The van der Waals surface area contributed by atoms with Crippen molar-refractivity contribution in [1.82, 2.24) is 5.32 Å². The highest BCUT2D eigenvalue weighted by Crippen LogP contribution is 2.23. The van der Waals surface area contributed by atoms with Crippen molar-refractivity contribution >= 4 is 34.5 Å². The Bertz CT molecular complexity index is 541. The van der Waals surface area contributed by atoms with E-state index in [2.05, 4.69) is 18.3 Å². The fraction of sp³-hybridized carbons (Fsp3) is 0.375. The Kier molecular flexibility index (Phi) is 6.84. The normalized spacial score (nSPS) is 12.3. The Hall–Kier alpha value is -0.740. The molecule has 1 heterocycles. The van der Waals surface area contributed by atoms with Crippen LogP contribution in [0.15, 0.2) is 36.4 Å². The van der Waals surface area contributed by atoms with Crippen molar-refractivity contribution in [2.45, 2.75) is 25.8 Å². The zero-order chi connectivity index (χ0) is 15.1. The van der Waals surface area contributed by atoms with Gasteiger partial charge in [0, 0.05) is 22.4 Å². The standard InChI is InChI=1S/C16H19Cl2NOS/c1-2-9-19-13(10-15-7-8-16(18)21-15)11-20-14-5-3-12(17)4-6-14/h3-8,13,19H,2,9-11H2,1H3. The summed E-state index contributed by atoms with van der Waals surface area (Å²) in [5.41, 5.74) is 0. The van der Waals surface area contributed by atoms with E-state index in [-0.39, 0.29) is 6.04 Å². The van der Waals surface area contributed by atoms with Crippen LogP contribution in [0.5, 0.6) is 5.75 Å². The summed E-state index contributed by atoms with van der Waals surface area (Å²) in [5, 5.41) is 4.24. The molecule has 2 rings (SSSR count). The third-order valence-electron chi connectivity index (χ3n) is 3.02. The van der Waals surface area contributed by atoms with Crippen LogP contribution in [-0.4, -0.2) is 19.2 Å². The van der Waals surface area contributed by atoms with Crippen LogP contribution in [0.25, 0.3) is 0 Å². The Morgan fingerprint density at radius 2 is 1.90 bits per heavy atom. The summed E-state index contributed by atoms with van der Waals surface area (Å²) >= 11 is 13.5. The highest BCUT2D eigenvalue weighted by Gasteiger charge is 2.11. The van der Waals surface area contributed by atoms with Crippen molar-refractivity contribution in [1.29, 1.82) is 0 Å². The molecule has 114 valence electrons. The first kappa shape index (κ1) is 16.6. The first-order valence-electron chi connectivity index (χ1n) is 7.03. The second kappa shape index (κ2) is 8.64. The second-order valence-electron chi connectivity index (χ2n) is 4.83. The maximum Gasteiger partial charge on any atom is 0.119 e. The van der Waals surface area contributed by atoms with Crippen LogP contribution < -0.4 is 10.1 Å². The van der Waals surface area contributed by atoms with Gasteiger partial charge in [0.05, 0.1) is 4.34 Å². The van der Waals surface area contributed by atoms with Gasteiger partial charge in [0.1, 0.15) is 12.4 Å². The van der Waals surface area contributed by atoms with E-state index in [0.29, 0.717) is 6.61 Å². The predicted octanol–water partition coefficient (Wildman–Crippen LogP) is 5.04. The quantitative estimate of drug-likeness (QED) is 0.724. The van der Waals surface area contributed by atoms with Crippen LogP contribution in [0.1, 0.15) is 18.2 Å². The summed E-state index contributed by atoms with van der Waals surface area (Å²) in [5.74, 6) is 0.840. The molecule has 0 aliphatic heterocycles. The fourth-order valence-electron chi connectivity index (χ4n) is 1.97. The lowest BCUT2D eigenvalue weighted by Gasteiger charge is -2.18. The zero-order valence-corrected chi connectivity index (χ0v) is 14.3. The van der Waals surface area contributed by atoms with Crippen molar-refractivity contribution < 1.29 is 4.74 Å². The molecule has 0 aliphatic rings. The van der Waals surface area contributed by atoms with Gasteiger partial charge < -0.3 is 10.1 Å². The third kappa shape index (κ3) is 5.87. The summed E-state index contributed by atoms with van der Waals surface area (Å²) in [4.78, 5) is 1.27. The van der Waals surface area contributed by atoms with Crippen LogP contribution in [0.4, 0.5) is 0 Å². The lowest BCUT2D eigenvalue weighted by Crippen LogP contribution is -2.36. The van der Waals surface area contributed by atoms with Crippen LogP contribution in [-0.2, 0) is 6.42 Å². The van der Waals surface area contributed by atoms with Gasteiger partial charge in [0.15, 0.2) is 0 Å². The zero-order valence-electron chi connectivity index (χ0n) is 11.9. The SMILES string of the molecule is CCCNC(COc1ccc(Cl)cc1)Cc1ccc(Cl)s1. The molecule has 0 aliphatic carbocycles. The van der Waals surface area contributed by atoms with E-state index < -0.39 is 0 Å². The van der Waals surface area contributed by atoms with Gasteiger partial charge in [-0.2, -0.15) is 0 Å². The summed E-state index contributed by atoms with van der Waals surface area (Å²) in [6.07, 6.45) is 2.02. The molecule has 1 aromatic carbocycles. The van der Waals surface area contributed by atoms with Gasteiger partial charge in [-0.05, 0) is 49.4 Å². The van der Waals surface area contributed by atoms with Crippen LogP contribution in [0, 0.1) is 0 Å². The van der Waals surface area contributed by atoms with Gasteiger partial charge in [-0.25, -0.2) is 0 Å². The molecule has 5 heteroatoms. The average molecular weight is 344 g/mol. The Balaban J connectivity index is 1.90. The van der Waals surface area contributed by atoms with Gasteiger partial charge >= 0.3 is 0 Å². The first-order chi connectivity index (χ1) is 10.2. The summed E-state index contributed by atoms with van der Waals surface area (Å²) < 4.78 is 6.68. The summed E-state index contributed by atoms with van der Waals surface area (Å²) in [6, 6.07) is 11.8. The molecule has 2 aromatic rings. The third-order valence-corrected chi connectivity index (χ3v) is 4.53. The molecular formula is C16H19Cl2NOS. The number of rotatable bonds is 8. The largest absolute Gasteiger partial charge is 0.492 e. The van der Waals surface area contributed by atoms with E-state index in [1.807, 2.05) is 30.3 Å². The summed E-state index contributed by atoms with van der Waals surface area (Å²) in [7, 11) is 0. The molecule has 0 radical (unpaired) electrons. The minimum atomic E-state index is 0.273. The minimum Gasteiger partial charge on any atom is -0.492 e. The van der Waals surface area contributed by atoms with Crippen LogP contribution in [0.2, 0.25) is 9.36 Å². The highest BCUT2D eigenvalue weighted by molar-refractivity contribution is 7.16. The number of benzene rings is 1. The fourth-order valence-corrected chi connectivity index (χ4v) is 3.26. The monoisotopic (exact) mass is 343 g/mol.